The average Bonchev–Trinajstić information content (AvgIpc) is 2.49. The predicted octanol–water partition coefficient (Wildman–Crippen LogP) is 2.47. The highest BCUT2D eigenvalue weighted by molar-refractivity contribution is 5.82. The number of ether oxygens (including phenoxy) is 1. The van der Waals surface area contributed by atoms with E-state index in [0.29, 0.717) is 5.92 Å². The number of para-hydroxylation sites is 1. The fraction of sp³-hybridized carbons (Fsp3) is 0.438. The Labute approximate surface area is 119 Å². The molecule has 1 aromatic carbocycles. The number of rotatable bonds is 3. The van der Waals surface area contributed by atoms with E-state index < -0.39 is 0 Å². The Bertz CT molecular complexity index is 593. The summed E-state index contributed by atoms with van der Waals surface area (Å²) in [6.45, 7) is 3.66. The van der Waals surface area contributed by atoms with E-state index in [0.717, 1.165) is 37.3 Å². The molecule has 4 nitrogen and oxygen atoms in total. The third-order valence-electron chi connectivity index (χ3n) is 4.06. The lowest BCUT2D eigenvalue weighted by atomic mass is 9.87. The first-order valence-corrected chi connectivity index (χ1v) is 7.20. The highest BCUT2D eigenvalue weighted by Crippen LogP contribution is 2.32. The summed E-state index contributed by atoms with van der Waals surface area (Å²) < 4.78 is 5.62. The van der Waals surface area contributed by atoms with Gasteiger partial charge in [0, 0.05) is 23.6 Å². The summed E-state index contributed by atoms with van der Waals surface area (Å²) in [4.78, 5) is 4.60. The van der Waals surface area contributed by atoms with Crippen LogP contribution in [0.4, 0.5) is 0 Å². The van der Waals surface area contributed by atoms with Crippen molar-refractivity contribution in [2.45, 2.75) is 25.8 Å². The van der Waals surface area contributed by atoms with Crippen LogP contribution in [0.3, 0.4) is 0 Å². The van der Waals surface area contributed by atoms with Crippen LogP contribution in [-0.2, 0) is 4.74 Å². The molecule has 1 saturated heterocycles. The van der Waals surface area contributed by atoms with Crippen LogP contribution in [0.2, 0.25) is 0 Å². The summed E-state index contributed by atoms with van der Waals surface area (Å²) in [5.74, 6) is 6.27. The second-order valence-corrected chi connectivity index (χ2v) is 5.49. The van der Waals surface area contributed by atoms with Gasteiger partial charge in [-0.05, 0) is 37.5 Å². The number of pyridine rings is 1. The Morgan fingerprint density at radius 1 is 1.40 bits per heavy atom. The number of benzene rings is 1. The maximum Gasteiger partial charge on any atom is 0.0708 e. The van der Waals surface area contributed by atoms with Gasteiger partial charge in [0.05, 0.1) is 18.2 Å². The molecule has 2 atom stereocenters. The summed E-state index contributed by atoms with van der Waals surface area (Å²) in [7, 11) is 0. The predicted molar refractivity (Wildman–Crippen MR) is 80.1 cm³/mol. The first kappa shape index (κ1) is 13.5. The number of nitrogens with one attached hydrogen (secondary N) is 1. The number of hydrogen-bond acceptors (Lipinski definition) is 4. The van der Waals surface area contributed by atoms with Gasteiger partial charge in [0.1, 0.15) is 0 Å². The topological polar surface area (TPSA) is 60.2 Å². The molecule has 0 spiro atoms. The standard InChI is InChI=1S/C16H21N3O/c1-11-9-14(13-6-2-3-7-15(13)18-11)16(19-17)12-5-4-8-20-10-12/h2-3,6-7,9,12,16,19H,4-5,8,10,17H2,1H3. The highest BCUT2D eigenvalue weighted by atomic mass is 16.5. The first-order chi connectivity index (χ1) is 9.79. The van der Waals surface area contributed by atoms with E-state index in [1.165, 1.54) is 10.9 Å². The maximum absolute atomic E-state index is 5.85. The lowest BCUT2D eigenvalue weighted by Crippen LogP contribution is -2.37. The highest BCUT2D eigenvalue weighted by Gasteiger charge is 2.26. The van der Waals surface area contributed by atoms with Crippen molar-refractivity contribution < 1.29 is 4.74 Å². The molecule has 1 aromatic heterocycles. The molecule has 0 aliphatic carbocycles. The van der Waals surface area contributed by atoms with E-state index in [2.05, 4.69) is 28.6 Å². The van der Waals surface area contributed by atoms with Crippen molar-refractivity contribution in [2.75, 3.05) is 13.2 Å². The molecule has 2 unspecified atom stereocenters. The number of fused-ring (bicyclic) bond motifs is 1. The minimum atomic E-state index is 0.113. The van der Waals surface area contributed by atoms with Crippen LogP contribution in [0.1, 0.15) is 30.1 Å². The number of aryl methyl sites for hydroxylation is 1. The van der Waals surface area contributed by atoms with Crippen molar-refractivity contribution >= 4 is 10.9 Å². The molecule has 0 saturated carbocycles. The van der Waals surface area contributed by atoms with Gasteiger partial charge in [-0.3, -0.25) is 16.3 Å². The zero-order valence-electron chi connectivity index (χ0n) is 11.8. The third-order valence-corrected chi connectivity index (χ3v) is 4.06. The molecule has 1 aliphatic rings. The molecule has 20 heavy (non-hydrogen) atoms. The Balaban J connectivity index is 2.06. The molecular formula is C16H21N3O. The molecular weight excluding hydrogens is 250 g/mol. The number of nitrogens with zero attached hydrogens (tertiary/aromatic N) is 1. The monoisotopic (exact) mass is 271 g/mol. The van der Waals surface area contributed by atoms with Crippen molar-refractivity contribution in [1.29, 1.82) is 0 Å². The lowest BCUT2D eigenvalue weighted by Gasteiger charge is -2.30. The van der Waals surface area contributed by atoms with Crippen LogP contribution in [0, 0.1) is 12.8 Å². The summed E-state index contributed by atoms with van der Waals surface area (Å²) in [5, 5.41) is 1.17. The number of nitrogens with two attached hydrogens (primary N) is 1. The fourth-order valence-electron chi connectivity index (χ4n) is 3.11. The zero-order chi connectivity index (χ0) is 13.9. The average molecular weight is 271 g/mol. The smallest absolute Gasteiger partial charge is 0.0708 e. The molecule has 0 radical (unpaired) electrons. The molecule has 2 aromatic rings. The number of hydrazine groups is 1. The fourth-order valence-corrected chi connectivity index (χ4v) is 3.11. The van der Waals surface area contributed by atoms with Crippen LogP contribution >= 0.6 is 0 Å². The second kappa shape index (κ2) is 5.87. The maximum atomic E-state index is 5.85. The van der Waals surface area contributed by atoms with Crippen LogP contribution in [0.25, 0.3) is 10.9 Å². The summed E-state index contributed by atoms with van der Waals surface area (Å²) in [6, 6.07) is 10.5. The van der Waals surface area contributed by atoms with Crippen LogP contribution in [-0.4, -0.2) is 18.2 Å². The van der Waals surface area contributed by atoms with Gasteiger partial charge in [0.25, 0.3) is 0 Å². The minimum Gasteiger partial charge on any atom is -0.381 e. The van der Waals surface area contributed by atoms with Gasteiger partial charge in [-0.25, -0.2) is 0 Å². The second-order valence-electron chi connectivity index (χ2n) is 5.49. The van der Waals surface area contributed by atoms with Crippen molar-refractivity contribution in [3.63, 3.8) is 0 Å². The largest absolute Gasteiger partial charge is 0.381 e. The van der Waals surface area contributed by atoms with Crippen molar-refractivity contribution in [2.24, 2.45) is 11.8 Å². The van der Waals surface area contributed by atoms with Gasteiger partial charge in [-0.2, -0.15) is 0 Å². The Morgan fingerprint density at radius 2 is 2.25 bits per heavy atom. The van der Waals surface area contributed by atoms with Crippen LogP contribution in [0.5, 0.6) is 0 Å². The van der Waals surface area contributed by atoms with Gasteiger partial charge in [0.2, 0.25) is 0 Å². The first-order valence-electron chi connectivity index (χ1n) is 7.20. The van der Waals surface area contributed by atoms with Crippen molar-refractivity contribution in [1.82, 2.24) is 10.4 Å². The molecule has 4 heteroatoms. The van der Waals surface area contributed by atoms with E-state index in [4.69, 9.17) is 10.6 Å². The minimum absolute atomic E-state index is 0.113. The Morgan fingerprint density at radius 3 is 3.00 bits per heavy atom. The normalized spacial score (nSPS) is 21.0. The molecule has 3 rings (SSSR count). The van der Waals surface area contributed by atoms with E-state index in [1.807, 2.05) is 19.1 Å². The van der Waals surface area contributed by atoms with Gasteiger partial charge in [-0.1, -0.05) is 18.2 Å². The summed E-state index contributed by atoms with van der Waals surface area (Å²) in [5.41, 5.74) is 6.28. The van der Waals surface area contributed by atoms with Crippen LogP contribution in [0.15, 0.2) is 30.3 Å². The van der Waals surface area contributed by atoms with Gasteiger partial charge >= 0.3 is 0 Å². The van der Waals surface area contributed by atoms with Gasteiger partial charge in [-0.15, -0.1) is 0 Å². The number of hydrogen-bond donors (Lipinski definition) is 2. The molecule has 106 valence electrons. The molecule has 1 aliphatic heterocycles. The SMILES string of the molecule is Cc1cc(C(NN)C2CCCOC2)c2ccccc2n1. The zero-order valence-corrected chi connectivity index (χ0v) is 11.8. The van der Waals surface area contributed by atoms with Crippen molar-refractivity contribution in [3.8, 4) is 0 Å². The van der Waals surface area contributed by atoms with E-state index in [1.54, 1.807) is 0 Å². The van der Waals surface area contributed by atoms with Crippen molar-refractivity contribution in [3.05, 3.63) is 41.6 Å². The Hall–Kier alpha value is -1.49. The molecule has 3 N–H and O–H groups in total. The number of aromatic nitrogens is 1. The molecule has 0 amide bonds. The third kappa shape index (κ3) is 2.54. The molecule has 1 fully saturated rings. The van der Waals surface area contributed by atoms with E-state index >= 15 is 0 Å². The van der Waals surface area contributed by atoms with E-state index in [9.17, 15) is 0 Å². The summed E-state index contributed by atoms with van der Waals surface area (Å²) >= 11 is 0. The van der Waals surface area contributed by atoms with Gasteiger partial charge in [0.15, 0.2) is 0 Å². The summed E-state index contributed by atoms with van der Waals surface area (Å²) in [6.07, 6.45) is 2.25. The molecule has 2 heterocycles. The van der Waals surface area contributed by atoms with E-state index in [-0.39, 0.29) is 6.04 Å². The quantitative estimate of drug-likeness (QED) is 0.665. The van der Waals surface area contributed by atoms with Crippen LogP contribution < -0.4 is 11.3 Å². The molecule has 0 bridgehead atoms. The van der Waals surface area contributed by atoms with Gasteiger partial charge < -0.3 is 4.74 Å². The lowest BCUT2D eigenvalue weighted by molar-refractivity contribution is 0.0392. The Kier molecular flexibility index (Phi) is 3.96.